The zero-order valence-electron chi connectivity index (χ0n) is 15.4. The number of aryl methyl sites for hydroxylation is 1. The second kappa shape index (κ2) is 7.23. The first-order valence-electron chi connectivity index (χ1n) is 8.62. The van der Waals surface area contributed by atoms with Gasteiger partial charge in [-0.1, -0.05) is 26.8 Å². The van der Waals surface area contributed by atoms with Crippen molar-refractivity contribution < 1.29 is 4.42 Å². The lowest BCUT2D eigenvalue weighted by molar-refractivity contribution is 0.221. The Labute approximate surface area is 149 Å². The smallest absolute Gasteiger partial charge is 0.118 e. The minimum atomic E-state index is 0.0315. The summed E-state index contributed by atoms with van der Waals surface area (Å²) in [6, 6.07) is 10.1. The maximum absolute atomic E-state index is 5.78. The van der Waals surface area contributed by atoms with Gasteiger partial charge in [-0.25, -0.2) is 0 Å². The van der Waals surface area contributed by atoms with Crippen LogP contribution < -0.4 is 0 Å². The predicted molar refractivity (Wildman–Crippen MR) is 97.9 cm³/mol. The highest BCUT2D eigenvalue weighted by atomic mass is 16.3. The Kier molecular flexibility index (Phi) is 5.04. The van der Waals surface area contributed by atoms with Gasteiger partial charge in [-0.3, -0.25) is 15.0 Å². The van der Waals surface area contributed by atoms with Crippen molar-refractivity contribution in [3.05, 3.63) is 71.2 Å². The summed E-state index contributed by atoms with van der Waals surface area (Å²) in [6.45, 7) is 10.9. The SMILES string of the molecule is Cc1ccc(CN(Cc2ccccn2)Cc2cn[nH]c2C(C)(C)C)o1. The Morgan fingerprint density at radius 2 is 1.92 bits per heavy atom. The van der Waals surface area contributed by atoms with Crippen LogP contribution in [0.2, 0.25) is 0 Å². The normalized spacial score (nSPS) is 12.0. The summed E-state index contributed by atoms with van der Waals surface area (Å²) in [4.78, 5) is 6.80. The molecule has 3 rings (SSSR count). The second-order valence-electron chi connectivity index (χ2n) is 7.50. The number of pyridine rings is 1. The minimum Gasteiger partial charge on any atom is -0.465 e. The van der Waals surface area contributed by atoms with Crippen molar-refractivity contribution in [3.63, 3.8) is 0 Å². The van der Waals surface area contributed by atoms with Crippen LogP contribution in [-0.2, 0) is 25.0 Å². The van der Waals surface area contributed by atoms with Crippen LogP contribution in [-0.4, -0.2) is 20.1 Å². The molecule has 3 aromatic heterocycles. The molecule has 25 heavy (non-hydrogen) atoms. The van der Waals surface area contributed by atoms with Crippen LogP contribution in [0.4, 0.5) is 0 Å². The number of aromatic nitrogens is 3. The van der Waals surface area contributed by atoms with Gasteiger partial charge in [0.25, 0.3) is 0 Å². The van der Waals surface area contributed by atoms with Crippen molar-refractivity contribution >= 4 is 0 Å². The molecule has 0 radical (unpaired) electrons. The van der Waals surface area contributed by atoms with Crippen molar-refractivity contribution in [2.45, 2.75) is 52.7 Å². The van der Waals surface area contributed by atoms with Crippen molar-refractivity contribution in [3.8, 4) is 0 Å². The van der Waals surface area contributed by atoms with Crippen LogP contribution >= 0.6 is 0 Å². The first-order valence-corrected chi connectivity index (χ1v) is 8.62. The molecule has 5 nitrogen and oxygen atoms in total. The van der Waals surface area contributed by atoms with E-state index in [0.717, 1.165) is 36.8 Å². The largest absolute Gasteiger partial charge is 0.465 e. The summed E-state index contributed by atoms with van der Waals surface area (Å²) >= 11 is 0. The number of nitrogens with zero attached hydrogens (tertiary/aromatic N) is 3. The van der Waals surface area contributed by atoms with E-state index in [1.807, 2.05) is 43.6 Å². The van der Waals surface area contributed by atoms with Gasteiger partial charge in [0.15, 0.2) is 0 Å². The van der Waals surface area contributed by atoms with Crippen LogP contribution in [0.25, 0.3) is 0 Å². The highest BCUT2D eigenvalue weighted by Crippen LogP contribution is 2.25. The molecule has 0 saturated heterocycles. The van der Waals surface area contributed by atoms with Gasteiger partial charge in [-0.05, 0) is 31.2 Å². The Balaban J connectivity index is 1.82. The second-order valence-corrected chi connectivity index (χ2v) is 7.50. The quantitative estimate of drug-likeness (QED) is 0.731. The average molecular weight is 338 g/mol. The summed E-state index contributed by atoms with van der Waals surface area (Å²) in [6.07, 6.45) is 3.77. The Bertz CT molecular complexity index is 798. The number of H-pyrrole nitrogens is 1. The molecule has 0 bridgehead atoms. The third kappa shape index (κ3) is 4.57. The standard InChI is InChI=1S/C20H26N4O/c1-15-8-9-18(25-15)14-24(13-17-7-5-6-10-21-17)12-16-11-22-23-19(16)20(2,3)4/h5-11H,12-14H2,1-4H3,(H,22,23). The Hall–Kier alpha value is -2.40. The van der Waals surface area contributed by atoms with Gasteiger partial charge in [0.1, 0.15) is 11.5 Å². The van der Waals surface area contributed by atoms with Crippen LogP contribution in [0.3, 0.4) is 0 Å². The zero-order valence-corrected chi connectivity index (χ0v) is 15.4. The maximum atomic E-state index is 5.78. The molecule has 0 aliphatic carbocycles. The zero-order chi connectivity index (χ0) is 17.9. The van der Waals surface area contributed by atoms with Gasteiger partial charge in [0.2, 0.25) is 0 Å². The summed E-state index contributed by atoms with van der Waals surface area (Å²) in [7, 11) is 0. The van der Waals surface area contributed by atoms with Crippen molar-refractivity contribution in [2.24, 2.45) is 0 Å². The molecule has 0 unspecified atom stereocenters. The fraction of sp³-hybridized carbons (Fsp3) is 0.400. The van der Waals surface area contributed by atoms with Crippen LogP contribution in [0.15, 0.2) is 47.1 Å². The van der Waals surface area contributed by atoms with Crippen molar-refractivity contribution in [1.82, 2.24) is 20.1 Å². The Morgan fingerprint density at radius 3 is 2.56 bits per heavy atom. The van der Waals surface area contributed by atoms with E-state index in [1.54, 1.807) is 0 Å². The molecule has 3 aromatic rings. The summed E-state index contributed by atoms with van der Waals surface area (Å²) < 4.78 is 5.78. The van der Waals surface area contributed by atoms with Gasteiger partial charge >= 0.3 is 0 Å². The highest BCUT2D eigenvalue weighted by Gasteiger charge is 2.22. The average Bonchev–Trinajstić information content (AvgIpc) is 3.17. The van der Waals surface area contributed by atoms with Crippen LogP contribution in [0.5, 0.6) is 0 Å². The molecular formula is C20H26N4O. The summed E-state index contributed by atoms with van der Waals surface area (Å²) in [5.74, 6) is 1.90. The van der Waals surface area contributed by atoms with E-state index < -0.39 is 0 Å². The number of rotatable bonds is 6. The van der Waals surface area contributed by atoms with E-state index >= 15 is 0 Å². The molecule has 0 fully saturated rings. The third-order valence-corrected chi connectivity index (χ3v) is 4.15. The van der Waals surface area contributed by atoms with E-state index in [2.05, 4.69) is 46.9 Å². The molecule has 0 aliphatic rings. The lowest BCUT2D eigenvalue weighted by Crippen LogP contribution is -2.24. The minimum absolute atomic E-state index is 0.0315. The van der Waals surface area contributed by atoms with Gasteiger partial charge in [0, 0.05) is 36.0 Å². The van der Waals surface area contributed by atoms with Gasteiger partial charge in [-0.15, -0.1) is 0 Å². The molecule has 132 valence electrons. The lowest BCUT2D eigenvalue weighted by atomic mass is 9.89. The number of hydrogen-bond donors (Lipinski definition) is 1. The molecular weight excluding hydrogens is 312 g/mol. The molecule has 0 aromatic carbocycles. The molecule has 0 amide bonds. The number of furan rings is 1. The summed E-state index contributed by atoms with van der Waals surface area (Å²) in [5, 5.41) is 7.44. The first kappa shape index (κ1) is 17.4. The van der Waals surface area contributed by atoms with E-state index in [-0.39, 0.29) is 5.41 Å². The van der Waals surface area contributed by atoms with Crippen molar-refractivity contribution in [2.75, 3.05) is 0 Å². The monoisotopic (exact) mass is 338 g/mol. The molecule has 1 N–H and O–H groups in total. The predicted octanol–water partition coefficient (Wildman–Crippen LogP) is 4.21. The fourth-order valence-corrected chi connectivity index (χ4v) is 3.00. The maximum Gasteiger partial charge on any atom is 0.118 e. The highest BCUT2D eigenvalue weighted by molar-refractivity contribution is 5.23. The molecule has 3 heterocycles. The lowest BCUT2D eigenvalue weighted by Gasteiger charge is -2.24. The van der Waals surface area contributed by atoms with Crippen LogP contribution in [0, 0.1) is 6.92 Å². The Morgan fingerprint density at radius 1 is 1.08 bits per heavy atom. The van der Waals surface area contributed by atoms with E-state index in [4.69, 9.17) is 4.42 Å². The van der Waals surface area contributed by atoms with Gasteiger partial charge in [-0.2, -0.15) is 5.10 Å². The van der Waals surface area contributed by atoms with Crippen molar-refractivity contribution in [1.29, 1.82) is 0 Å². The molecule has 0 spiro atoms. The van der Waals surface area contributed by atoms with Gasteiger partial charge < -0.3 is 4.42 Å². The van der Waals surface area contributed by atoms with E-state index in [0.29, 0.717) is 0 Å². The van der Waals surface area contributed by atoms with Gasteiger partial charge in [0.05, 0.1) is 18.4 Å². The van der Waals surface area contributed by atoms with Crippen LogP contribution in [0.1, 0.15) is 49.2 Å². The number of aromatic amines is 1. The molecule has 0 atom stereocenters. The third-order valence-electron chi connectivity index (χ3n) is 4.15. The molecule has 0 aliphatic heterocycles. The number of nitrogens with one attached hydrogen (secondary N) is 1. The summed E-state index contributed by atoms with van der Waals surface area (Å²) in [5.41, 5.74) is 3.47. The van der Waals surface area contributed by atoms with E-state index in [1.165, 1.54) is 11.3 Å². The first-order chi connectivity index (χ1) is 11.9. The fourth-order valence-electron chi connectivity index (χ4n) is 3.00. The van der Waals surface area contributed by atoms with E-state index in [9.17, 15) is 0 Å². The topological polar surface area (TPSA) is 58.0 Å². The molecule has 0 saturated carbocycles. The molecule has 5 heteroatoms. The number of hydrogen-bond acceptors (Lipinski definition) is 4.